The summed E-state index contributed by atoms with van der Waals surface area (Å²) in [5.41, 5.74) is 0.274. The Labute approximate surface area is 107 Å². The van der Waals surface area contributed by atoms with Crippen LogP contribution in [0.5, 0.6) is 0 Å². The van der Waals surface area contributed by atoms with Crippen LogP contribution in [0, 0.1) is 11.8 Å². The van der Waals surface area contributed by atoms with Crippen molar-refractivity contribution in [2.45, 2.75) is 65.0 Å². The lowest BCUT2D eigenvalue weighted by atomic mass is 9.77. The molecule has 1 aliphatic carbocycles. The molecule has 2 unspecified atom stereocenters. The summed E-state index contributed by atoms with van der Waals surface area (Å²) in [6.07, 6.45) is 5.69. The Kier molecular flexibility index (Phi) is 4.14. The first-order valence-corrected chi connectivity index (χ1v) is 7.45. The van der Waals surface area contributed by atoms with Gasteiger partial charge >= 0.3 is 0 Å². The summed E-state index contributed by atoms with van der Waals surface area (Å²) in [4.78, 5) is 2.76. The fourth-order valence-electron chi connectivity index (χ4n) is 3.07. The largest absolute Gasteiger partial charge is 0.312 e. The molecule has 2 heteroatoms. The molecule has 1 saturated carbocycles. The van der Waals surface area contributed by atoms with Gasteiger partial charge in [0.1, 0.15) is 0 Å². The molecule has 0 aromatic carbocycles. The number of hydrogen-bond acceptors (Lipinski definition) is 2. The van der Waals surface area contributed by atoms with E-state index in [9.17, 15) is 0 Å². The van der Waals surface area contributed by atoms with Gasteiger partial charge in [-0.05, 0) is 77.9 Å². The van der Waals surface area contributed by atoms with E-state index in [1.165, 1.54) is 45.3 Å². The fraction of sp³-hybridized carbons (Fsp3) is 1.00. The van der Waals surface area contributed by atoms with Crippen molar-refractivity contribution in [3.05, 3.63) is 0 Å². The van der Waals surface area contributed by atoms with Crippen molar-refractivity contribution < 1.29 is 0 Å². The Hall–Kier alpha value is -0.0800. The molecule has 1 N–H and O–H groups in total. The molecule has 2 fully saturated rings. The number of rotatable bonds is 3. The van der Waals surface area contributed by atoms with Crippen molar-refractivity contribution in [1.29, 1.82) is 0 Å². The minimum atomic E-state index is 0.274. The van der Waals surface area contributed by atoms with Gasteiger partial charge in [-0.25, -0.2) is 0 Å². The van der Waals surface area contributed by atoms with Crippen molar-refractivity contribution in [1.82, 2.24) is 10.2 Å². The van der Waals surface area contributed by atoms with Crippen LogP contribution in [0.15, 0.2) is 0 Å². The first-order valence-electron chi connectivity index (χ1n) is 7.45. The van der Waals surface area contributed by atoms with Gasteiger partial charge in [-0.1, -0.05) is 6.92 Å². The fourth-order valence-corrected chi connectivity index (χ4v) is 3.07. The lowest BCUT2D eigenvalue weighted by Gasteiger charge is -2.47. The molecule has 0 aromatic heterocycles. The SMILES string of the molecule is CC1CCN(C2CCC2CNC(C)(C)C)CC1. The maximum absolute atomic E-state index is 3.67. The minimum Gasteiger partial charge on any atom is -0.312 e. The van der Waals surface area contributed by atoms with Crippen molar-refractivity contribution in [2.24, 2.45) is 11.8 Å². The average molecular weight is 238 g/mol. The van der Waals surface area contributed by atoms with Crippen LogP contribution < -0.4 is 5.32 Å². The average Bonchev–Trinajstić information content (AvgIpc) is 2.18. The lowest BCUT2D eigenvalue weighted by molar-refractivity contribution is 0.0340. The molecule has 2 nitrogen and oxygen atoms in total. The molecule has 0 aromatic rings. The van der Waals surface area contributed by atoms with Gasteiger partial charge < -0.3 is 10.2 Å². The second kappa shape index (κ2) is 5.27. The molecule has 2 rings (SSSR count). The molecule has 0 radical (unpaired) electrons. The Morgan fingerprint density at radius 1 is 1.06 bits per heavy atom. The second-order valence-corrected chi connectivity index (χ2v) is 7.25. The van der Waals surface area contributed by atoms with Gasteiger partial charge in [0.15, 0.2) is 0 Å². The molecule has 2 atom stereocenters. The Morgan fingerprint density at radius 3 is 2.18 bits per heavy atom. The smallest absolute Gasteiger partial charge is 0.0136 e. The molecule has 17 heavy (non-hydrogen) atoms. The Morgan fingerprint density at radius 2 is 1.71 bits per heavy atom. The molecular formula is C15H30N2. The number of piperidine rings is 1. The van der Waals surface area contributed by atoms with Gasteiger partial charge in [0.25, 0.3) is 0 Å². The number of hydrogen-bond donors (Lipinski definition) is 1. The van der Waals surface area contributed by atoms with Gasteiger partial charge in [0.05, 0.1) is 0 Å². The first-order chi connectivity index (χ1) is 7.96. The molecule has 0 bridgehead atoms. The van der Waals surface area contributed by atoms with Crippen LogP contribution in [0.2, 0.25) is 0 Å². The first kappa shape index (κ1) is 13.4. The van der Waals surface area contributed by atoms with E-state index >= 15 is 0 Å². The molecule has 1 aliphatic heterocycles. The summed E-state index contributed by atoms with van der Waals surface area (Å²) in [7, 11) is 0. The molecule has 0 spiro atoms. The second-order valence-electron chi connectivity index (χ2n) is 7.25. The standard InChI is InChI=1S/C15H30N2/c1-12-7-9-17(10-8-12)14-6-5-13(14)11-16-15(2,3)4/h12-14,16H,5-11H2,1-4H3. The third-order valence-corrected chi connectivity index (χ3v) is 4.56. The zero-order chi connectivity index (χ0) is 12.5. The highest BCUT2D eigenvalue weighted by Gasteiger charge is 2.36. The van der Waals surface area contributed by atoms with Gasteiger partial charge in [-0.15, -0.1) is 0 Å². The molecule has 0 amide bonds. The normalized spacial score (nSPS) is 32.5. The maximum atomic E-state index is 3.67. The minimum absolute atomic E-state index is 0.274. The lowest BCUT2D eigenvalue weighted by Crippen LogP contribution is -2.54. The summed E-state index contributed by atoms with van der Waals surface area (Å²) in [6.45, 7) is 13.1. The van der Waals surface area contributed by atoms with E-state index in [1.54, 1.807) is 0 Å². The van der Waals surface area contributed by atoms with Gasteiger partial charge in [0.2, 0.25) is 0 Å². The van der Waals surface area contributed by atoms with Crippen LogP contribution in [-0.2, 0) is 0 Å². The quantitative estimate of drug-likeness (QED) is 0.813. The zero-order valence-corrected chi connectivity index (χ0v) is 12.1. The maximum Gasteiger partial charge on any atom is 0.0136 e. The van der Waals surface area contributed by atoms with Crippen LogP contribution in [0.3, 0.4) is 0 Å². The highest BCUT2D eigenvalue weighted by atomic mass is 15.2. The summed E-state index contributed by atoms with van der Waals surface area (Å²) in [5, 5.41) is 3.67. The number of likely N-dealkylation sites (tertiary alicyclic amines) is 1. The van der Waals surface area contributed by atoms with Crippen LogP contribution >= 0.6 is 0 Å². The van der Waals surface area contributed by atoms with Crippen LogP contribution in [-0.4, -0.2) is 36.1 Å². The highest BCUT2D eigenvalue weighted by molar-refractivity contribution is 4.92. The van der Waals surface area contributed by atoms with Crippen molar-refractivity contribution in [3.8, 4) is 0 Å². The molecule has 100 valence electrons. The molecular weight excluding hydrogens is 208 g/mol. The van der Waals surface area contributed by atoms with Crippen molar-refractivity contribution >= 4 is 0 Å². The summed E-state index contributed by atoms with van der Waals surface area (Å²) in [5.74, 6) is 1.86. The summed E-state index contributed by atoms with van der Waals surface area (Å²) >= 11 is 0. The summed E-state index contributed by atoms with van der Waals surface area (Å²) in [6, 6.07) is 0.886. The molecule has 1 saturated heterocycles. The Bertz CT molecular complexity index is 236. The predicted octanol–water partition coefficient (Wildman–Crippen LogP) is 2.89. The molecule has 2 aliphatic rings. The van der Waals surface area contributed by atoms with E-state index in [0.717, 1.165) is 17.9 Å². The van der Waals surface area contributed by atoms with E-state index in [0.29, 0.717) is 0 Å². The number of nitrogens with zero attached hydrogens (tertiary/aromatic N) is 1. The monoisotopic (exact) mass is 238 g/mol. The predicted molar refractivity (Wildman–Crippen MR) is 74.2 cm³/mol. The highest BCUT2D eigenvalue weighted by Crippen LogP contribution is 2.34. The van der Waals surface area contributed by atoms with E-state index in [1.807, 2.05) is 0 Å². The van der Waals surface area contributed by atoms with Crippen LogP contribution in [0.25, 0.3) is 0 Å². The topological polar surface area (TPSA) is 15.3 Å². The zero-order valence-electron chi connectivity index (χ0n) is 12.1. The summed E-state index contributed by atoms with van der Waals surface area (Å²) < 4.78 is 0. The van der Waals surface area contributed by atoms with E-state index < -0.39 is 0 Å². The van der Waals surface area contributed by atoms with Crippen molar-refractivity contribution in [3.63, 3.8) is 0 Å². The Balaban J connectivity index is 1.75. The van der Waals surface area contributed by atoms with E-state index in [4.69, 9.17) is 0 Å². The number of nitrogens with one attached hydrogen (secondary N) is 1. The van der Waals surface area contributed by atoms with Crippen molar-refractivity contribution in [2.75, 3.05) is 19.6 Å². The van der Waals surface area contributed by atoms with Crippen LogP contribution in [0.1, 0.15) is 53.4 Å². The van der Waals surface area contributed by atoms with Gasteiger partial charge in [-0.3, -0.25) is 0 Å². The van der Waals surface area contributed by atoms with E-state index in [-0.39, 0.29) is 5.54 Å². The third kappa shape index (κ3) is 3.69. The van der Waals surface area contributed by atoms with Crippen LogP contribution in [0.4, 0.5) is 0 Å². The van der Waals surface area contributed by atoms with Gasteiger partial charge in [0, 0.05) is 11.6 Å². The third-order valence-electron chi connectivity index (χ3n) is 4.56. The van der Waals surface area contributed by atoms with E-state index in [2.05, 4.69) is 37.9 Å². The van der Waals surface area contributed by atoms with Gasteiger partial charge in [-0.2, -0.15) is 0 Å². The molecule has 1 heterocycles.